The third-order valence-electron chi connectivity index (χ3n) is 2.33. The molecule has 6 heteroatoms. The highest BCUT2D eigenvalue weighted by Gasteiger charge is 2.25. The number of rotatable bonds is 3. The standard InChI is InChI=1S/C10H11BrFNO3/c1-13-3-6(14)5-2-7-10(16-4-15-7)8(11)9(5)12/h2,6,13-14H,3-4H2,1H3. The zero-order chi connectivity index (χ0) is 11.7. The smallest absolute Gasteiger partial charge is 0.231 e. The molecule has 1 aliphatic heterocycles. The topological polar surface area (TPSA) is 50.7 Å². The van der Waals surface area contributed by atoms with E-state index in [0.717, 1.165) is 0 Å². The maximum absolute atomic E-state index is 13.9. The summed E-state index contributed by atoms with van der Waals surface area (Å²) in [6, 6.07) is 1.46. The van der Waals surface area contributed by atoms with E-state index < -0.39 is 11.9 Å². The molecule has 0 saturated carbocycles. The molecule has 0 fully saturated rings. The first-order valence-electron chi connectivity index (χ1n) is 4.75. The van der Waals surface area contributed by atoms with E-state index in [0.29, 0.717) is 11.5 Å². The van der Waals surface area contributed by atoms with Gasteiger partial charge in [0.15, 0.2) is 11.5 Å². The van der Waals surface area contributed by atoms with Crippen LogP contribution in [0.25, 0.3) is 0 Å². The number of ether oxygens (including phenoxy) is 2. The first-order valence-corrected chi connectivity index (χ1v) is 5.54. The zero-order valence-electron chi connectivity index (χ0n) is 8.59. The number of aliphatic hydroxyl groups is 1. The number of aliphatic hydroxyl groups excluding tert-OH is 1. The minimum atomic E-state index is -0.921. The fourth-order valence-corrected chi connectivity index (χ4v) is 2.08. The molecule has 0 amide bonds. The molecule has 1 atom stereocenters. The molecule has 0 radical (unpaired) electrons. The Kier molecular flexibility index (Phi) is 3.32. The summed E-state index contributed by atoms with van der Waals surface area (Å²) < 4.78 is 24.3. The lowest BCUT2D eigenvalue weighted by Crippen LogP contribution is -2.17. The summed E-state index contributed by atoms with van der Waals surface area (Å²) in [6.07, 6.45) is -0.921. The van der Waals surface area contributed by atoms with Gasteiger partial charge in [-0.15, -0.1) is 0 Å². The Labute approximate surface area is 100 Å². The van der Waals surface area contributed by atoms with Gasteiger partial charge in [0, 0.05) is 12.1 Å². The molecule has 1 aliphatic rings. The van der Waals surface area contributed by atoms with Crippen molar-refractivity contribution in [3.8, 4) is 11.5 Å². The van der Waals surface area contributed by atoms with E-state index in [1.54, 1.807) is 7.05 Å². The monoisotopic (exact) mass is 291 g/mol. The molecule has 4 nitrogen and oxygen atoms in total. The van der Waals surface area contributed by atoms with Crippen LogP contribution < -0.4 is 14.8 Å². The molecule has 0 spiro atoms. The highest BCUT2D eigenvalue weighted by Crippen LogP contribution is 2.43. The minimum Gasteiger partial charge on any atom is -0.454 e. The van der Waals surface area contributed by atoms with Crippen LogP contribution in [-0.2, 0) is 0 Å². The molecule has 1 aromatic rings. The number of hydrogen-bond donors (Lipinski definition) is 2. The van der Waals surface area contributed by atoms with Gasteiger partial charge in [0.25, 0.3) is 0 Å². The van der Waals surface area contributed by atoms with E-state index in [9.17, 15) is 9.50 Å². The van der Waals surface area contributed by atoms with Crippen LogP contribution in [0, 0.1) is 5.82 Å². The van der Waals surface area contributed by atoms with Crippen molar-refractivity contribution in [3.05, 3.63) is 21.9 Å². The first kappa shape index (κ1) is 11.6. The Bertz CT molecular complexity index is 414. The van der Waals surface area contributed by atoms with Crippen molar-refractivity contribution in [2.75, 3.05) is 20.4 Å². The fourth-order valence-electron chi connectivity index (χ4n) is 1.54. The van der Waals surface area contributed by atoms with E-state index in [2.05, 4.69) is 21.2 Å². The van der Waals surface area contributed by atoms with E-state index in [-0.39, 0.29) is 23.4 Å². The molecule has 2 rings (SSSR count). The van der Waals surface area contributed by atoms with Crippen LogP contribution in [0.3, 0.4) is 0 Å². The Hall–Kier alpha value is -0.850. The van der Waals surface area contributed by atoms with Crippen molar-refractivity contribution in [2.24, 2.45) is 0 Å². The van der Waals surface area contributed by atoms with Gasteiger partial charge >= 0.3 is 0 Å². The van der Waals surface area contributed by atoms with Crippen molar-refractivity contribution in [3.63, 3.8) is 0 Å². The summed E-state index contributed by atoms with van der Waals surface area (Å²) in [5, 5.41) is 12.5. The van der Waals surface area contributed by atoms with Gasteiger partial charge in [0.05, 0.1) is 10.6 Å². The average Bonchev–Trinajstić information content (AvgIpc) is 2.71. The minimum absolute atomic E-state index is 0.0684. The molecule has 0 aliphatic carbocycles. The maximum Gasteiger partial charge on any atom is 0.231 e. The van der Waals surface area contributed by atoms with Crippen LogP contribution in [0.15, 0.2) is 10.5 Å². The van der Waals surface area contributed by atoms with Crippen LogP contribution in [0.5, 0.6) is 11.5 Å². The van der Waals surface area contributed by atoms with E-state index in [1.807, 2.05) is 0 Å². The fraction of sp³-hybridized carbons (Fsp3) is 0.400. The molecule has 1 aromatic carbocycles. The lowest BCUT2D eigenvalue weighted by Gasteiger charge is -2.13. The second-order valence-electron chi connectivity index (χ2n) is 3.40. The third-order valence-corrected chi connectivity index (χ3v) is 3.04. The highest BCUT2D eigenvalue weighted by atomic mass is 79.9. The number of benzene rings is 1. The largest absolute Gasteiger partial charge is 0.454 e. The van der Waals surface area contributed by atoms with Gasteiger partial charge in [-0.25, -0.2) is 4.39 Å². The van der Waals surface area contributed by atoms with Crippen molar-refractivity contribution in [2.45, 2.75) is 6.10 Å². The van der Waals surface area contributed by atoms with Gasteiger partial charge in [-0.05, 0) is 29.0 Å². The average molecular weight is 292 g/mol. The Morgan fingerprint density at radius 2 is 2.38 bits per heavy atom. The molecule has 0 aromatic heterocycles. The van der Waals surface area contributed by atoms with Gasteiger partial charge in [-0.2, -0.15) is 0 Å². The molecule has 16 heavy (non-hydrogen) atoms. The molecule has 2 N–H and O–H groups in total. The van der Waals surface area contributed by atoms with Crippen molar-refractivity contribution in [1.29, 1.82) is 0 Å². The molecular formula is C10H11BrFNO3. The lowest BCUT2D eigenvalue weighted by molar-refractivity contribution is 0.170. The highest BCUT2D eigenvalue weighted by molar-refractivity contribution is 9.10. The summed E-state index contributed by atoms with van der Waals surface area (Å²) in [5.41, 5.74) is 0.186. The Morgan fingerprint density at radius 3 is 3.06 bits per heavy atom. The van der Waals surface area contributed by atoms with Crippen LogP contribution in [0.4, 0.5) is 4.39 Å². The summed E-state index contributed by atoms with van der Waals surface area (Å²) in [4.78, 5) is 0. The van der Waals surface area contributed by atoms with Gasteiger partial charge < -0.3 is 19.9 Å². The summed E-state index contributed by atoms with van der Waals surface area (Å²) in [7, 11) is 1.68. The second kappa shape index (κ2) is 4.57. The predicted molar refractivity (Wildman–Crippen MR) is 59.1 cm³/mol. The molecule has 1 unspecified atom stereocenters. The first-order chi connectivity index (χ1) is 7.65. The molecule has 0 saturated heterocycles. The molecule has 1 heterocycles. The normalized spacial score (nSPS) is 15.2. The third kappa shape index (κ3) is 1.88. The van der Waals surface area contributed by atoms with Crippen LogP contribution in [0.1, 0.15) is 11.7 Å². The van der Waals surface area contributed by atoms with Crippen LogP contribution >= 0.6 is 15.9 Å². The van der Waals surface area contributed by atoms with Crippen LogP contribution in [-0.4, -0.2) is 25.5 Å². The zero-order valence-corrected chi connectivity index (χ0v) is 10.2. The van der Waals surface area contributed by atoms with Crippen LogP contribution in [0.2, 0.25) is 0 Å². The van der Waals surface area contributed by atoms with Crippen molar-refractivity contribution in [1.82, 2.24) is 5.32 Å². The van der Waals surface area contributed by atoms with E-state index in [4.69, 9.17) is 9.47 Å². The lowest BCUT2D eigenvalue weighted by atomic mass is 10.1. The number of fused-ring (bicyclic) bond motifs is 1. The van der Waals surface area contributed by atoms with Gasteiger partial charge in [0.2, 0.25) is 6.79 Å². The number of likely N-dealkylation sites (N-methyl/N-ethyl adjacent to an activating group) is 1. The molecule has 88 valence electrons. The second-order valence-corrected chi connectivity index (χ2v) is 4.19. The van der Waals surface area contributed by atoms with E-state index >= 15 is 0 Å². The van der Waals surface area contributed by atoms with Crippen molar-refractivity contribution < 1.29 is 19.0 Å². The Morgan fingerprint density at radius 1 is 1.62 bits per heavy atom. The number of halogens is 2. The van der Waals surface area contributed by atoms with E-state index in [1.165, 1.54) is 6.07 Å². The number of nitrogens with one attached hydrogen (secondary N) is 1. The molecular weight excluding hydrogens is 281 g/mol. The van der Waals surface area contributed by atoms with Gasteiger partial charge in [0.1, 0.15) is 5.82 Å². The summed E-state index contributed by atoms with van der Waals surface area (Å²) >= 11 is 3.09. The van der Waals surface area contributed by atoms with Crippen molar-refractivity contribution >= 4 is 15.9 Å². The summed E-state index contributed by atoms with van der Waals surface area (Å²) in [5.74, 6) is 0.267. The predicted octanol–water partition coefficient (Wildman–Crippen LogP) is 1.57. The summed E-state index contributed by atoms with van der Waals surface area (Å²) in [6.45, 7) is 0.335. The quantitative estimate of drug-likeness (QED) is 0.888. The van der Waals surface area contributed by atoms with Gasteiger partial charge in [-0.3, -0.25) is 0 Å². The Balaban J connectivity index is 2.43. The number of hydrogen-bond acceptors (Lipinski definition) is 4. The molecule has 0 bridgehead atoms. The SMILES string of the molecule is CNCC(O)c1cc2c(c(Br)c1F)OCO2. The van der Waals surface area contributed by atoms with Gasteiger partial charge in [-0.1, -0.05) is 0 Å². The maximum atomic E-state index is 13.9.